The fourth-order valence-corrected chi connectivity index (χ4v) is 2.26. The maximum Gasteiger partial charge on any atom is 0.173 e. The molecule has 0 fully saturated rings. The smallest absolute Gasteiger partial charge is 0.173 e. The molecule has 0 aromatic carbocycles. The summed E-state index contributed by atoms with van der Waals surface area (Å²) in [5.41, 5.74) is 1.22. The van der Waals surface area contributed by atoms with E-state index in [2.05, 4.69) is 35.1 Å². The molecule has 1 N–H and O–H groups in total. The van der Waals surface area contributed by atoms with Crippen molar-refractivity contribution < 1.29 is 4.42 Å². The zero-order chi connectivity index (χ0) is 11.3. The van der Waals surface area contributed by atoms with Crippen LogP contribution in [0.2, 0.25) is 0 Å². The number of hydrogen-bond acceptors (Lipinski definition) is 2. The molecule has 86 valence electrons. The quantitative estimate of drug-likeness (QED) is 0.843. The van der Waals surface area contributed by atoms with Crippen molar-refractivity contribution in [1.29, 1.82) is 0 Å². The van der Waals surface area contributed by atoms with Gasteiger partial charge in [0.25, 0.3) is 0 Å². The van der Waals surface area contributed by atoms with Crippen LogP contribution in [0.25, 0.3) is 0 Å². The maximum atomic E-state index is 5.25. The molecule has 0 bridgehead atoms. The highest BCUT2D eigenvalue weighted by Gasteiger charge is 2.14. The zero-order valence-electron chi connectivity index (χ0n) is 9.72. The Labute approximate surface area is 101 Å². The van der Waals surface area contributed by atoms with E-state index in [4.69, 9.17) is 4.42 Å². The highest BCUT2D eigenvalue weighted by molar-refractivity contribution is 9.10. The van der Waals surface area contributed by atoms with E-state index in [9.17, 15) is 0 Å². The summed E-state index contributed by atoms with van der Waals surface area (Å²) in [5.74, 6) is 0.787. The van der Waals surface area contributed by atoms with Gasteiger partial charge in [0, 0.05) is 11.6 Å². The molecule has 0 aliphatic heterocycles. The van der Waals surface area contributed by atoms with Crippen molar-refractivity contribution in [2.45, 2.75) is 39.2 Å². The summed E-state index contributed by atoms with van der Waals surface area (Å²) in [7, 11) is 2.00. The first kappa shape index (κ1) is 12.8. The number of nitrogens with one attached hydrogen (secondary N) is 1. The van der Waals surface area contributed by atoms with Gasteiger partial charge in [-0.25, -0.2) is 0 Å². The van der Waals surface area contributed by atoms with Gasteiger partial charge in [-0.2, -0.15) is 0 Å². The fourth-order valence-electron chi connectivity index (χ4n) is 1.74. The van der Waals surface area contributed by atoms with Crippen LogP contribution in [-0.4, -0.2) is 7.05 Å². The third kappa shape index (κ3) is 3.99. The Hall–Kier alpha value is -0.280. The van der Waals surface area contributed by atoms with Crippen LogP contribution in [0.5, 0.6) is 0 Å². The van der Waals surface area contributed by atoms with Gasteiger partial charge >= 0.3 is 0 Å². The molecular formula is C12H20BrNO. The van der Waals surface area contributed by atoms with Gasteiger partial charge in [-0.3, -0.25) is 0 Å². The molecular weight excluding hydrogens is 254 g/mol. The van der Waals surface area contributed by atoms with Crippen molar-refractivity contribution in [3.05, 3.63) is 22.6 Å². The standard InChI is InChI=1S/C12H20BrNO/c1-9(2)5-4-6-11(14-3)10-7-8-15-12(10)13/h7-9,11,14H,4-6H2,1-3H3. The van der Waals surface area contributed by atoms with Crippen LogP contribution in [0.15, 0.2) is 21.4 Å². The van der Waals surface area contributed by atoms with Crippen molar-refractivity contribution >= 4 is 15.9 Å². The Balaban J connectivity index is 2.46. The Kier molecular flexibility index (Phi) is 5.40. The van der Waals surface area contributed by atoms with E-state index in [-0.39, 0.29) is 0 Å². The monoisotopic (exact) mass is 273 g/mol. The number of furan rings is 1. The molecule has 0 saturated carbocycles. The lowest BCUT2D eigenvalue weighted by Crippen LogP contribution is -2.16. The largest absolute Gasteiger partial charge is 0.457 e. The van der Waals surface area contributed by atoms with E-state index < -0.39 is 0 Å². The van der Waals surface area contributed by atoms with Gasteiger partial charge in [-0.15, -0.1) is 0 Å². The molecule has 1 heterocycles. The van der Waals surface area contributed by atoms with Gasteiger partial charge in [0.2, 0.25) is 0 Å². The predicted molar refractivity (Wildman–Crippen MR) is 66.9 cm³/mol. The molecule has 0 aliphatic carbocycles. The third-order valence-electron chi connectivity index (χ3n) is 2.64. The molecule has 3 heteroatoms. The molecule has 1 rings (SSSR count). The summed E-state index contributed by atoms with van der Waals surface area (Å²) in [6.45, 7) is 4.53. The number of rotatable bonds is 6. The van der Waals surface area contributed by atoms with Gasteiger partial charge in [0.05, 0.1) is 6.26 Å². The Bertz CT molecular complexity index is 283. The highest BCUT2D eigenvalue weighted by Crippen LogP contribution is 2.28. The Morgan fingerprint density at radius 3 is 2.60 bits per heavy atom. The molecule has 1 unspecified atom stereocenters. The van der Waals surface area contributed by atoms with Gasteiger partial charge in [0.1, 0.15) is 0 Å². The van der Waals surface area contributed by atoms with Crippen molar-refractivity contribution in [2.75, 3.05) is 7.05 Å². The lowest BCUT2D eigenvalue weighted by molar-refractivity contribution is 0.460. The fraction of sp³-hybridized carbons (Fsp3) is 0.667. The molecule has 1 atom stereocenters. The first-order valence-corrected chi connectivity index (χ1v) is 6.34. The average molecular weight is 274 g/mol. The minimum atomic E-state index is 0.400. The van der Waals surface area contributed by atoms with Gasteiger partial charge in [-0.1, -0.05) is 26.7 Å². The van der Waals surface area contributed by atoms with Crippen molar-refractivity contribution in [2.24, 2.45) is 5.92 Å². The lowest BCUT2D eigenvalue weighted by atomic mass is 10.00. The second-order valence-corrected chi connectivity index (χ2v) is 5.04. The summed E-state index contributed by atoms with van der Waals surface area (Å²) >= 11 is 3.42. The van der Waals surface area contributed by atoms with E-state index >= 15 is 0 Å². The first-order chi connectivity index (χ1) is 7.15. The average Bonchev–Trinajstić information content (AvgIpc) is 2.59. The highest BCUT2D eigenvalue weighted by atomic mass is 79.9. The summed E-state index contributed by atoms with van der Waals surface area (Å²) in [6.07, 6.45) is 5.42. The van der Waals surface area contributed by atoms with Crippen molar-refractivity contribution in [1.82, 2.24) is 5.32 Å². The zero-order valence-corrected chi connectivity index (χ0v) is 11.3. The summed E-state index contributed by atoms with van der Waals surface area (Å²) in [4.78, 5) is 0. The topological polar surface area (TPSA) is 25.2 Å². The minimum Gasteiger partial charge on any atom is -0.457 e. The molecule has 15 heavy (non-hydrogen) atoms. The van der Waals surface area contributed by atoms with Crippen LogP contribution in [-0.2, 0) is 0 Å². The van der Waals surface area contributed by atoms with Crippen LogP contribution in [0.3, 0.4) is 0 Å². The van der Waals surface area contributed by atoms with E-state index in [0.717, 1.165) is 17.0 Å². The number of hydrogen-bond donors (Lipinski definition) is 1. The summed E-state index contributed by atoms with van der Waals surface area (Å²) in [5, 5.41) is 3.33. The molecule has 0 spiro atoms. The molecule has 0 saturated heterocycles. The summed E-state index contributed by atoms with van der Waals surface area (Å²) < 4.78 is 6.10. The molecule has 0 radical (unpaired) electrons. The Morgan fingerprint density at radius 2 is 2.13 bits per heavy atom. The van der Waals surface area contributed by atoms with Crippen LogP contribution < -0.4 is 5.32 Å². The predicted octanol–water partition coefficient (Wildman–Crippen LogP) is 4.13. The van der Waals surface area contributed by atoms with Crippen LogP contribution >= 0.6 is 15.9 Å². The van der Waals surface area contributed by atoms with Crippen LogP contribution in [0, 0.1) is 5.92 Å². The van der Waals surface area contributed by atoms with Gasteiger partial charge in [0.15, 0.2) is 4.67 Å². The maximum absolute atomic E-state index is 5.25. The van der Waals surface area contributed by atoms with E-state index in [1.807, 2.05) is 13.1 Å². The van der Waals surface area contributed by atoms with Crippen molar-refractivity contribution in [3.63, 3.8) is 0 Å². The molecule has 1 aromatic rings. The minimum absolute atomic E-state index is 0.400. The lowest BCUT2D eigenvalue weighted by Gasteiger charge is -2.15. The van der Waals surface area contributed by atoms with Crippen molar-refractivity contribution in [3.8, 4) is 0 Å². The molecule has 0 amide bonds. The van der Waals surface area contributed by atoms with E-state index in [1.165, 1.54) is 18.4 Å². The Morgan fingerprint density at radius 1 is 1.40 bits per heavy atom. The van der Waals surface area contributed by atoms with E-state index in [0.29, 0.717) is 6.04 Å². The second-order valence-electron chi connectivity index (χ2n) is 4.32. The van der Waals surface area contributed by atoms with Crippen LogP contribution in [0.1, 0.15) is 44.7 Å². The summed E-state index contributed by atoms with van der Waals surface area (Å²) in [6, 6.07) is 2.43. The normalized spacial score (nSPS) is 13.4. The van der Waals surface area contributed by atoms with Gasteiger partial charge < -0.3 is 9.73 Å². The molecule has 2 nitrogen and oxygen atoms in total. The number of halogens is 1. The molecule has 0 aliphatic rings. The van der Waals surface area contributed by atoms with Crippen LogP contribution in [0.4, 0.5) is 0 Å². The first-order valence-electron chi connectivity index (χ1n) is 5.55. The third-order valence-corrected chi connectivity index (χ3v) is 3.29. The second kappa shape index (κ2) is 6.33. The van der Waals surface area contributed by atoms with E-state index in [1.54, 1.807) is 6.26 Å². The SMILES string of the molecule is CNC(CCCC(C)C)c1ccoc1Br. The van der Waals surface area contributed by atoms with Gasteiger partial charge in [-0.05, 0) is 41.4 Å². The molecule has 1 aromatic heterocycles.